The van der Waals surface area contributed by atoms with Crippen LogP contribution in [0.1, 0.15) is 31.9 Å². The number of carbonyl (C=O) groups is 1. The van der Waals surface area contributed by atoms with Crippen LogP contribution in [0.25, 0.3) is 0 Å². The number of rotatable bonds is 4. The van der Waals surface area contributed by atoms with E-state index in [-0.39, 0.29) is 18.4 Å². The largest absolute Gasteiger partial charge is 0.503 e. The lowest BCUT2D eigenvalue weighted by Gasteiger charge is -2.35. The van der Waals surface area contributed by atoms with Gasteiger partial charge in [0, 0.05) is 43.3 Å². The van der Waals surface area contributed by atoms with Crippen molar-refractivity contribution >= 4 is 17.7 Å². The molecule has 3 rings (SSSR count). The molecule has 0 spiro atoms. The van der Waals surface area contributed by atoms with Gasteiger partial charge in [-0.3, -0.25) is 9.69 Å². The van der Waals surface area contributed by atoms with Gasteiger partial charge in [0.1, 0.15) is 5.60 Å². The first-order chi connectivity index (χ1) is 14.1. The van der Waals surface area contributed by atoms with Gasteiger partial charge >= 0.3 is 11.7 Å². The van der Waals surface area contributed by atoms with Gasteiger partial charge in [0.05, 0.1) is 12.7 Å². The Morgan fingerprint density at radius 3 is 2.53 bits per heavy atom. The van der Waals surface area contributed by atoms with Gasteiger partial charge in [0.2, 0.25) is 0 Å². The summed E-state index contributed by atoms with van der Waals surface area (Å²) in [6.07, 6.45) is 1.19. The third kappa shape index (κ3) is 5.73. The standard InChI is InChI=1S/C21H27ClN4O4/c1-21(2,3)30-20(29)25-9-7-24(8-10-25)14-16-12-23-26(19(28)18(16)27)13-15-5-4-6-17(22)11-15/h4-6,11-12,27H,7-10,13-14H2,1-3H3. The van der Waals surface area contributed by atoms with Crippen molar-refractivity contribution in [2.75, 3.05) is 26.2 Å². The Morgan fingerprint density at radius 2 is 1.90 bits per heavy atom. The molecule has 1 amide bonds. The third-order valence-electron chi connectivity index (χ3n) is 4.73. The Kier molecular flexibility index (Phi) is 6.67. The van der Waals surface area contributed by atoms with Gasteiger partial charge < -0.3 is 14.7 Å². The summed E-state index contributed by atoms with van der Waals surface area (Å²) in [6.45, 7) is 8.40. The van der Waals surface area contributed by atoms with Crippen LogP contribution in [-0.4, -0.2) is 62.6 Å². The summed E-state index contributed by atoms with van der Waals surface area (Å²) in [4.78, 5) is 28.4. The highest BCUT2D eigenvalue weighted by Crippen LogP contribution is 2.17. The highest BCUT2D eigenvalue weighted by Gasteiger charge is 2.26. The molecule has 0 bridgehead atoms. The van der Waals surface area contributed by atoms with Gasteiger partial charge in [-0.1, -0.05) is 23.7 Å². The minimum absolute atomic E-state index is 0.224. The average Bonchev–Trinajstić information content (AvgIpc) is 2.67. The number of halogens is 1. The lowest BCUT2D eigenvalue weighted by atomic mass is 10.2. The lowest BCUT2D eigenvalue weighted by molar-refractivity contribution is 0.0138. The predicted octanol–water partition coefficient (Wildman–Crippen LogP) is 2.70. The molecule has 1 aliphatic heterocycles. The molecule has 162 valence electrons. The molecular weight excluding hydrogens is 408 g/mol. The fourth-order valence-electron chi connectivity index (χ4n) is 3.21. The van der Waals surface area contributed by atoms with E-state index in [4.69, 9.17) is 16.3 Å². The van der Waals surface area contributed by atoms with Crippen molar-refractivity contribution in [1.82, 2.24) is 19.6 Å². The number of aromatic hydroxyl groups is 1. The molecule has 1 aliphatic rings. The number of nitrogens with zero attached hydrogens (tertiary/aromatic N) is 4. The molecule has 1 aromatic heterocycles. The van der Waals surface area contributed by atoms with Gasteiger partial charge in [0.25, 0.3) is 0 Å². The van der Waals surface area contributed by atoms with E-state index in [0.29, 0.717) is 43.3 Å². The van der Waals surface area contributed by atoms with Crippen molar-refractivity contribution in [3.63, 3.8) is 0 Å². The molecule has 30 heavy (non-hydrogen) atoms. The minimum Gasteiger partial charge on any atom is -0.503 e. The fraction of sp³-hybridized carbons (Fsp3) is 0.476. The summed E-state index contributed by atoms with van der Waals surface area (Å²) < 4.78 is 6.61. The number of piperazine rings is 1. The van der Waals surface area contributed by atoms with E-state index >= 15 is 0 Å². The van der Waals surface area contributed by atoms with E-state index in [9.17, 15) is 14.7 Å². The Balaban J connectivity index is 1.61. The van der Waals surface area contributed by atoms with E-state index in [1.807, 2.05) is 26.8 Å². The van der Waals surface area contributed by atoms with Crippen LogP contribution in [0.4, 0.5) is 4.79 Å². The molecule has 0 radical (unpaired) electrons. The van der Waals surface area contributed by atoms with Gasteiger partial charge in [-0.05, 0) is 38.5 Å². The van der Waals surface area contributed by atoms with Crippen LogP contribution in [0.5, 0.6) is 5.75 Å². The fourth-order valence-corrected chi connectivity index (χ4v) is 3.42. The molecule has 2 heterocycles. The van der Waals surface area contributed by atoms with Crippen molar-refractivity contribution in [3.8, 4) is 5.75 Å². The van der Waals surface area contributed by atoms with Crippen molar-refractivity contribution in [3.05, 3.63) is 57.0 Å². The van der Waals surface area contributed by atoms with Crippen LogP contribution < -0.4 is 5.56 Å². The molecule has 0 saturated carbocycles. The van der Waals surface area contributed by atoms with Crippen LogP contribution in [0.3, 0.4) is 0 Å². The van der Waals surface area contributed by atoms with Crippen molar-refractivity contribution in [2.24, 2.45) is 0 Å². The summed E-state index contributed by atoms with van der Waals surface area (Å²) in [5.41, 5.74) is 0.219. The summed E-state index contributed by atoms with van der Waals surface area (Å²) in [5, 5.41) is 15.2. The second kappa shape index (κ2) is 9.06. The predicted molar refractivity (Wildman–Crippen MR) is 114 cm³/mol. The molecule has 2 aromatic rings. The first-order valence-electron chi connectivity index (χ1n) is 9.85. The molecule has 1 fully saturated rings. The van der Waals surface area contributed by atoms with Gasteiger partial charge in [0.15, 0.2) is 5.75 Å². The number of aromatic nitrogens is 2. The molecule has 0 atom stereocenters. The number of carbonyl (C=O) groups excluding carboxylic acids is 1. The highest BCUT2D eigenvalue weighted by molar-refractivity contribution is 6.30. The van der Waals surface area contributed by atoms with Gasteiger partial charge in [-0.2, -0.15) is 5.10 Å². The molecule has 1 aromatic carbocycles. The summed E-state index contributed by atoms with van der Waals surface area (Å²) in [5.74, 6) is -0.304. The lowest BCUT2D eigenvalue weighted by Crippen LogP contribution is -2.49. The topological polar surface area (TPSA) is 87.9 Å². The van der Waals surface area contributed by atoms with Crippen LogP contribution >= 0.6 is 11.6 Å². The number of benzene rings is 1. The molecule has 1 N–H and O–H groups in total. The molecule has 8 nitrogen and oxygen atoms in total. The van der Waals surface area contributed by atoms with Crippen LogP contribution in [0, 0.1) is 0 Å². The molecule has 0 aliphatic carbocycles. The van der Waals surface area contributed by atoms with E-state index in [2.05, 4.69) is 10.00 Å². The summed E-state index contributed by atoms with van der Waals surface area (Å²) >= 11 is 5.98. The first kappa shape index (κ1) is 22.1. The maximum atomic E-state index is 12.5. The zero-order valence-electron chi connectivity index (χ0n) is 17.5. The average molecular weight is 435 g/mol. The maximum Gasteiger partial charge on any atom is 0.410 e. The summed E-state index contributed by atoms with van der Waals surface area (Å²) in [7, 11) is 0. The minimum atomic E-state index is -0.542. The maximum absolute atomic E-state index is 12.5. The second-order valence-electron chi connectivity index (χ2n) is 8.35. The van der Waals surface area contributed by atoms with Crippen LogP contribution in [0.15, 0.2) is 35.3 Å². The van der Waals surface area contributed by atoms with E-state index in [1.54, 1.807) is 23.1 Å². The second-order valence-corrected chi connectivity index (χ2v) is 8.79. The Labute approximate surface area is 180 Å². The Hall–Kier alpha value is -2.58. The normalized spacial score (nSPS) is 15.3. The smallest absolute Gasteiger partial charge is 0.410 e. The van der Waals surface area contributed by atoms with Crippen LogP contribution in [-0.2, 0) is 17.8 Å². The number of hydrogen-bond acceptors (Lipinski definition) is 6. The van der Waals surface area contributed by atoms with Crippen molar-refractivity contribution in [2.45, 2.75) is 39.5 Å². The van der Waals surface area contributed by atoms with E-state index < -0.39 is 11.2 Å². The van der Waals surface area contributed by atoms with E-state index in [1.165, 1.54) is 10.9 Å². The molecule has 0 unspecified atom stereocenters. The van der Waals surface area contributed by atoms with E-state index in [0.717, 1.165) is 5.56 Å². The SMILES string of the molecule is CC(C)(C)OC(=O)N1CCN(Cc2cnn(Cc3cccc(Cl)c3)c(=O)c2O)CC1. The highest BCUT2D eigenvalue weighted by atomic mass is 35.5. The monoisotopic (exact) mass is 434 g/mol. The number of ether oxygens (including phenoxy) is 1. The first-order valence-corrected chi connectivity index (χ1v) is 10.2. The van der Waals surface area contributed by atoms with Crippen molar-refractivity contribution < 1.29 is 14.6 Å². The zero-order valence-corrected chi connectivity index (χ0v) is 18.2. The number of amides is 1. The van der Waals surface area contributed by atoms with Gasteiger partial charge in [-0.15, -0.1) is 0 Å². The summed E-state index contributed by atoms with van der Waals surface area (Å²) in [6, 6.07) is 7.15. The molecule has 1 saturated heterocycles. The zero-order chi connectivity index (χ0) is 21.9. The van der Waals surface area contributed by atoms with Crippen molar-refractivity contribution in [1.29, 1.82) is 0 Å². The Bertz CT molecular complexity index is 962. The van der Waals surface area contributed by atoms with Crippen LogP contribution in [0.2, 0.25) is 5.02 Å². The molecule has 9 heteroatoms. The third-order valence-corrected chi connectivity index (χ3v) is 4.97. The quantitative estimate of drug-likeness (QED) is 0.796. The molecular formula is C21H27ClN4O4. The number of hydrogen-bond donors (Lipinski definition) is 1. The Morgan fingerprint density at radius 1 is 1.20 bits per heavy atom. The van der Waals surface area contributed by atoms with Gasteiger partial charge in [-0.25, -0.2) is 9.48 Å².